The van der Waals surface area contributed by atoms with E-state index in [1.54, 1.807) is 24.3 Å². The van der Waals surface area contributed by atoms with Crippen LogP contribution in [0.1, 0.15) is 46.6 Å². The van der Waals surface area contributed by atoms with E-state index in [9.17, 15) is 4.79 Å². The minimum absolute atomic E-state index is 0.304. The Balaban J connectivity index is 2.44. The van der Waals surface area contributed by atoms with Crippen molar-refractivity contribution in [1.82, 2.24) is 9.88 Å². The van der Waals surface area contributed by atoms with Crippen LogP contribution in [0.2, 0.25) is 0 Å². The van der Waals surface area contributed by atoms with Gasteiger partial charge in [-0.3, -0.25) is 4.98 Å². The van der Waals surface area contributed by atoms with Crippen LogP contribution in [-0.2, 0) is 4.74 Å². The van der Waals surface area contributed by atoms with Gasteiger partial charge in [0.15, 0.2) is 0 Å². The average Bonchev–Trinajstić information content (AvgIpc) is 2.48. The fourth-order valence-electron chi connectivity index (χ4n) is 1.79. The van der Waals surface area contributed by atoms with Gasteiger partial charge in [0.1, 0.15) is 11.4 Å². The van der Waals surface area contributed by atoms with Gasteiger partial charge in [0, 0.05) is 19.8 Å². The van der Waals surface area contributed by atoms with Gasteiger partial charge in [-0.15, -0.1) is 0 Å². The van der Waals surface area contributed by atoms with Gasteiger partial charge in [-0.25, -0.2) is 4.79 Å². The van der Waals surface area contributed by atoms with E-state index in [4.69, 9.17) is 9.47 Å². The van der Waals surface area contributed by atoms with E-state index in [1.807, 2.05) is 39.0 Å². The number of pyridine rings is 1. The first kappa shape index (κ1) is 20.0. The highest BCUT2D eigenvalue weighted by atomic mass is 16.6. The predicted molar refractivity (Wildman–Crippen MR) is 97.1 cm³/mol. The van der Waals surface area contributed by atoms with E-state index in [2.05, 4.69) is 18.8 Å². The molecule has 0 unspecified atom stereocenters. The maximum absolute atomic E-state index is 11.8. The lowest BCUT2D eigenvalue weighted by Crippen LogP contribution is -2.34. The summed E-state index contributed by atoms with van der Waals surface area (Å²) in [5.41, 5.74) is 0.514. The van der Waals surface area contributed by atoms with Crippen molar-refractivity contribution in [2.75, 3.05) is 20.2 Å². The number of nitrogens with zero attached hydrogens (tertiary/aromatic N) is 2. The van der Waals surface area contributed by atoms with Crippen LogP contribution < -0.4 is 4.74 Å². The second kappa shape index (κ2) is 9.30. The topological polar surface area (TPSA) is 51.7 Å². The van der Waals surface area contributed by atoms with E-state index < -0.39 is 5.60 Å². The number of amides is 1. The summed E-state index contributed by atoms with van der Waals surface area (Å²) in [6.07, 6.45) is 7.95. The molecule has 1 aromatic heterocycles. The molecule has 0 aliphatic heterocycles. The van der Waals surface area contributed by atoms with Crippen LogP contribution in [0.15, 0.2) is 24.5 Å². The maximum atomic E-state index is 11.8. The fourth-order valence-corrected chi connectivity index (χ4v) is 1.79. The molecule has 0 N–H and O–H groups in total. The molecule has 0 spiro atoms. The molecule has 0 saturated heterocycles. The predicted octanol–water partition coefficient (Wildman–Crippen LogP) is 4.39. The smallest absolute Gasteiger partial charge is 0.410 e. The number of carbonyl (C=O) groups is 1. The number of rotatable bonds is 7. The van der Waals surface area contributed by atoms with E-state index in [-0.39, 0.29) is 6.09 Å². The summed E-state index contributed by atoms with van der Waals surface area (Å²) in [5.74, 6) is 1.25. The molecule has 1 amide bonds. The lowest BCUT2D eigenvalue weighted by molar-refractivity contribution is 0.0302. The summed E-state index contributed by atoms with van der Waals surface area (Å²) in [7, 11) is 1.74. The average molecular weight is 334 g/mol. The van der Waals surface area contributed by atoms with Crippen molar-refractivity contribution < 1.29 is 14.3 Å². The van der Waals surface area contributed by atoms with Crippen LogP contribution >= 0.6 is 0 Å². The summed E-state index contributed by atoms with van der Waals surface area (Å²) in [6.45, 7) is 11.1. The summed E-state index contributed by atoms with van der Waals surface area (Å²) in [5, 5.41) is 0. The van der Waals surface area contributed by atoms with Crippen LogP contribution in [0.5, 0.6) is 5.75 Å². The third-order valence-electron chi connectivity index (χ3n) is 2.96. The van der Waals surface area contributed by atoms with Crippen molar-refractivity contribution in [3.63, 3.8) is 0 Å². The van der Waals surface area contributed by atoms with E-state index in [1.165, 1.54) is 0 Å². The van der Waals surface area contributed by atoms with Crippen LogP contribution in [0.25, 0.3) is 6.08 Å². The molecule has 1 heterocycles. The molecule has 24 heavy (non-hydrogen) atoms. The van der Waals surface area contributed by atoms with Gasteiger partial charge in [-0.1, -0.05) is 26.0 Å². The van der Waals surface area contributed by atoms with Crippen molar-refractivity contribution in [3.8, 4) is 5.75 Å². The Bertz CT molecular complexity index is 548. The zero-order valence-electron chi connectivity index (χ0n) is 15.7. The summed E-state index contributed by atoms with van der Waals surface area (Å²) >= 11 is 0. The lowest BCUT2D eigenvalue weighted by Gasteiger charge is -2.24. The highest BCUT2D eigenvalue weighted by Crippen LogP contribution is 2.14. The molecule has 1 rings (SSSR count). The first-order chi connectivity index (χ1) is 11.2. The van der Waals surface area contributed by atoms with Crippen molar-refractivity contribution in [3.05, 3.63) is 30.1 Å². The number of hydrogen-bond acceptors (Lipinski definition) is 4. The zero-order chi connectivity index (χ0) is 18.2. The largest absolute Gasteiger partial charge is 0.492 e. The second-order valence-corrected chi connectivity index (χ2v) is 7.25. The summed E-state index contributed by atoms with van der Waals surface area (Å²) in [6, 6.07) is 1.96. The summed E-state index contributed by atoms with van der Waals surface area (Å²) < 4.78 is 11.0. The Hall–Kier alpha value is -2.04. The number of hydrogen-bond donors (Lipinski definition) is 0. The van der Waals surface area contributed by atoms with Gasteiger partial charge < -0.3 is 14.4 Å². The lowest BCUT2D eigenvalue weighted by atomic mass is 10.2. The van der Waals surface area contributed by atoms with E-state index in [0.29, 0.717) is 19.1 Å². The third-order valence-corrected chi connectivity index (χ3v) is 2.96. The van der Waals surface area contributed by atoms with Crippen LogP contribution in [0.3, 0.4) is 0 Å². The highest BCUT2D eigenvalue weighted by molar-refractivity contribution is 5.67. The Kier molecular flexibility index (Phi) is 7.75. The minimum Gasteiger partial charge on any atom is -0.492 e. The van der Waals surface area contributed by atoms with Gasteiger partial charge in [-0.05, 0) is 44.7 Å². The van der Waals surface area contributed by atoms with Crippen molar-refractivity contribution in [1.29, 1.82) is 0 Å². The fraction of sp³-hybridized carbons (Fsp3) is 0.579. The Morgan fingerprint density at radius 2 is 2.04 bits per heavy atom. The highest BCUT2D eigenvalue weighted by Gasteiger charge is 2.18. The van der Waals surface area contributed by atoms with E-state index >= 15 is 0 Å². The molecule has 0 radical (unpaired) electrons. The molecular weight excluding hydrogens is 304 g/mol. The molecule has 0 atom stereocenters. The van der Waals surface area contributed by atoms with Crippen LogP contribution in [0.4, 0.5) is 4.79 Å². The minimum atomic E-state index is -0.469. The molecule has 5 heteroatoms. The first-order valence-corrected chi connectivity index (χ1v) is 8.36. The molecular formula is C19H30N2O3. The molecule has 0 aliphatic carbocycles. The molecule has 5 nitrogen and oxygen atoms in total. The number of carbonyl (C=O) groups excluding carboxylic acids is 1. The third kappa shape index (κ3) is 8.56. The second-order valence-electron chi connectivity index (χ2n) is 7.25. The molecule has 0 aromatic carbocycles. The Morgan fingerprint density at radius 3 is 2.67 bits per heavy atom. The van der Waals surface area contributed by atoms with Crippen molar-refractivity contribution in [2.45, 2.75) is 46.6 Å². The molecule has 0 fully saturated rings. The maximum Gasteiger partial charge on any atom is 0.410 e. The Morgan fingerprint density at radius 1 is 1.33 bits per heavy atom. The monoisotopic (exact) mass is 334 g/mol. The molecule has 134 valence electrons. The van der Waals surface area contributed by atoms with E-state index in [0.717, 1.165) is 17.7 Å². The van der Waals surface area contributed by atoms with Crippen molar-refractivity contribution >= 4 is 12.2 Å². The molecule has 0 bridgehead atoms. The van der Waals surface area contributed by atoms with Crippen molar-refractivity contribution in [2.24, 2.45) is 5.92 Å². The molecule has 0 saturated carbocycles. The number of aromatic nitrogens is 1. The SMILES string of the molecule is CC(C)COc1cncc(C=CCCN(C)C(=O)OC(C)(C)C)c1. The zero-order valence-corrected chi connectivity index (χ0v) is 15.7. The van der Waals surface area contributed by atoms with Gasteiger partial charge in [0.2, 0.25) is 0 Å². The Labute approximate surface area is 145 Å². The van der Waals surface area contributed by atoms with Gasteiger partial charge in [0.25, 0.3) is 0 Å². The normalized spacial score (nSPS) is 11.8. The van der Waals surface area contributed by atoms with Gasteiger partial charge in [-0.2, -0.15) is 0 Å². The van der Waals surface area contributed by atoms with Gasteiger partial charge in [0.05, 0.1) is 12.8 Å². The van der Waals surface area contributed by atoms with Crippen LogP contribution in [0, 0.1) is 5.92 Å². The standard InChI is InChI=1S/C19H30N2O3/c1-15(2)14-23-17-11-16(12-20-13-17)9-7-8-10-21(6)18(22)24-19(3,4)5/h7,9,11-13,15H,8,10,14H2,1-6H3. The van der Waals surface area contributed by atoms with Gasteiger partial charge >= 0.3 is 6.09 Å². The number of ether oxygens (including phenoxy) is 2. The first-order valence-electron chi connectivity index (χ1n) is 8.36. The van der Waals surface area contributed by atoms with Crippen LogP contribution in [-0.4, -0.2) is 41.8 Å². The quantitative estimate of drug-likeness (QED) is 0.742. The molecule has 0 aliphatic rings. The summed E-state index contributed by atoms with van der Waals surface area (Å²) in [4.78, 5) is 17.6. The molecule has 1 aromatic rings.